The zero-order chi connectivity index (χ0) is 28.5. The summed E-state index contributed by atoms with van der Waals surface area (Å²) in [6.07, 6.45) is -1.84. The van der Waals surface area contributed by atoms with Crippen LogP contribution in [0.4, 0.5) is 19.0 Å². The molecule has 0 bridgehead atoms. The highest BCUT2D eigenvalue weighted by Gasteiger charge is 2.38. The van der Waals surface area contributed by atoms with E-state index in [1.807, 2.05) is 0 Å². The summed E-state index contributed by atoms with van der Waals surface area (Å²) >= 11 is 6.04. The summed E-state index contributed by atoms with van der Waals surface area (Å²) in [7, 11) is 0. The Kier molecular flexibility index (Phi) is 6.31. The third-order valence-electron chi connectivity index (χ3n) is 5.66. The van der Waals surface area contributed by atoms with E-state index in [0.29, 0.717) is 6.20 Å². The zero-order valence-electron chi connectivity index (χ0n) is 22.3. The maximum atomic E-state index is 14.0. The van der Waals surface area contributed by atoms with Crippen molar-refractivity contribution in [1.82, 2.24) is 24.8 Å². The van der Waals surface area contributed by atoms with Gasteiger partial charge in [0, 0.05) is 41.5 Å². The van der Waals surface area contributed by atoms with Crippen molar-refractivity contribution in [3.63, 3.8) is 0 Å². The van der Waals surface area contributed by atoms with E-state index in [2.05, 4.69) is 25.3 Å². The van der Waals surface area contributed by atoms with Gasteiger partial charge < -0.3 is 15.0 Å². The number of hydrogen-bond acceptors (Lipinski definition) is 7. The van der Waals surface area contributed by atoms with Gasteiger partial charge in [0.2, 0.25) is 0 Å². The average molecular weight is 524 g/mol. The molecule has 8 nitrogen and oxygen atoms in total. The number of ether oxygens (including phenoxy) is 1. The second kappa shape index (κ2) is 10.4. The summed E-state index contributed by atoms with van der Waals surface area (Å²) in [5.41, 5.74) is -1.16. The van der Waals surface area contributed by atoms with Gasteiger partial charge in [0.25, 0.3) is 5.91 Å². The van der Waals surface area contributed by atoms with Gasteiger partial charge in [0.15, 0.2) is 5.82 Å². The minimum atomic E-state index is -4.60. The van der Waals surface area contributed by atoms with Crippen molar-refractivity contribution in [2.24, 2.45) is 0 Å². The number of morpholine rings is 1. The van der Waals surface area contributed by atoms with Gasteiger partial charge in [-0.25, -0.2) is 19.9 Å². The summed E-state index contributed by atoms with van der Waals surface area (Å²) in [6.45, 7) is 1.12. The molecule has 1 amide bonds. The van der Waals surface area contributed by atoms with E-state index >= 15 is 0 Å². The largest absolute Gasteiger partial charge is 0.417 e. The molecule has 0 aliphatic carbocycles. The third kappa shape index (κ3) is 5.57. The molecule has 1 fully saturated rings. The van der Waals surface area contributed by atoms with Crippen LogP contribution >= 0.6 is 11.6 Å². The fourth-order valence-corrected chi connectivity index (χ4v) is 4.21. The van der Waals surface area contributed by atoms with Gasteiger partial charge in [-0.3, -0.25) is 4.79 Å². The van der Waals surface area contributed by atoms with Gasteiger partial charge in [-0.1, -0.05) is 11.6 Å². The Morgan fingerprint density at radius 3 is 2.69 bits per heavy atom. The van der Waals surface area contributed by atoms with Crippen LogP contribution in [0.1, 0.15) is 39.7 Å². The number of nitrogens with one attached hydrogen (secondary N) is 1. The normalized spacial score (nSPS) is 21.9. The Bertz CT molecular complexity index is 1350. The second-order valence-corrected chi connectivity index (χ2v) is 8.68. The summed E-state index contributed by atoms with van der Waals surface area (Å²) in [6, 6.07) is 4.47. The number of carbonyl (C=O) groups is 1. The van der Waals surface area contributed by atoms with Gasteiger partial charge in [-0.15, -0.1) is 0 Å². The van der Waals surface area contributed by atoms with E-state index in [4.69, 9.17) is 20.5 Å². The van der Waals surface area contributed by atoms with Crippen LogP contribution in [0.25, 0.3) is 11.4 Å². The molecule has 0 saturated carbocycles. The Morgan fingerprint density at radius 1 is 1.28 bits per heavy atom. The van der Waals surface area contributed by atoms with Crippen molar-refractivity contribution in [3.05, 3.63) is 64.8 Å². The molecule has 0 radical (unpaired) electrons. The van der Waals surface area contributed by atoms with Gasteiger partial charge in [0.05, 0.1) is 34.4 Å². The zero-order valence-corrected chi connectivity index (χ0v) is 20.0. The first-order chi connectivity index (χ1) is 18.3. The molecule has 3 aromatic rings. The van der Waals surface area contributed by atoms with Gasteiger partial charge >= 0.3 is 6.18 Å². The van der Waals surface area contributed by atoms with E-state index in [1.54, 1.807) is 19.9 Å². The molecule has 12 heteroatoms. The van der Waals surface area contributed by atoms with Crippen molar-refractivity contribution in [3.8, 4) is 11.4 Å². The Morgan fingerprint density at radius 2 is 2.03 bits per heavy atom. The quantitative estimate of drug-likeness (QED) is 0.520. The number of aromatic nitrogens is 4. The maximum absolute atomic E-state index is 14.0. The van der Waals surface area contributed by atoms with Crippen LogP contribution in [0.3, 0.4) is 0 Å². The van der Waals surface area contributed by atoms with Crippen LogP contribution in [0, 0.1) is 6.85 Å². The van der Waals surface area contributed by atoms with Crippen molar-refractivity contribution in [1.29, 1.82) is 0 Å². The number of aryl methyl sites for hydroxylation is 1. The van der Waals surface area contributed by atoms with Gasteiger partial charge in [-0.05, 0) is 45.0 Å². The van der Waals surface area contributed by atoms with E-state index in [1.165, 1.54) is 29.4 Å². The number of alkyl halides is 3. The molecule has 1 aliphatic rings. The van der Waals surface area contributed by atoms with Crippen LogP contribution < -0.4 is 5.32 Å². The molecule has 0 aromatic carbocycles. The van der Waals surface area contributed by atoms with Crippen LogP contribution in [0.15, 0.2) is 42.9 Å². The first-order valence-corrected chi connectivity index (χ1v) is 11.4. The Labute approximate surface area is 215 Å². The fraction of sp³-hybridized carbons (Fsp3) is 0.375. The molecule has 0 unspecified atom stereocenters. The summed E-state index contributed by atoms with van der Waals surface area (Å²) in [4.78, 5) is 31.8. The molecular weight excluding hydrogens is 497 g/mol. The van der Waals surface area contributed by atoms with E-state index < -0.39 is 36.6 Å². The number of carbonyl (C=O) groups excluding carboxylic acids is 1. The minimum Gasteiger partial charge on any atom is -0.372 e. The van der Waals surface area contributed by atoms with Crippen LogP contribution in [0.5, 0.6) is 0 Å². The maximum Gasteiger partial charge on any atom is 0.417 e. The SMILES string of the molecule is [2H]C([2H])([2H])c1ccc(-c2ncccn2)c(C(=O)N2C[C@@H](C)O[C@@H](C)[C@H]2CNc2ncc(C(F)(F)F)cc2Cl)n1. The number of pyridine rings is 2. The lowest BCUT2D eigenvalue weighted by Gasteiger charge is -2.43. The number of nitrogens with zero attached hydrogens (tertiary/aromatic N) is 5. The topological polar surface area (TPSA) is 93.1 Å². The number of amides is 1. The fourth-order valence-electron chi connectivity index (χ4n) is 3.98. The molecular formula is C24H24ClF3N6O2. The molecule has 4 rings (SSSR count). The molecule has 3 atom stereocenters. The lowest BCUT2D eigenvalue weighted by Crippen LogP contribution is -2.58. The highest BCUT2D eigenvalue weighted by atomic mass is 35.5. The lowest BCUT2D eigenvalue weighted by molar-refractivity contribution is -0.137. The Hall–Kier alpha value is -3.31. The van der Waals surface area contributed by atoms with Crippen molar-refractivity contribution in [2.45, 2.75) is 45.1 Å². The lowest BCUT2D eigenvalue weighted by atomic mass is 10.0. The third-order valence-corrected chi connectivity index (χ3v) is 5.94. The van der Waals surface area contributed by atoms with E-state index in [9.17, 15) is 18.0 Å². The second-order valence-electron chi connectivity index (χ2n) is 8.27. The number of anilines is 1. The molecule has 3 aromatic heterocycles. The predicted octanol–water partition coefficient (Wildman–Crippen LogP) is 4.64. The van der Waals surface area contributed by atoms with Crippen LogP contribution in [-0.4, -0.2) is 62.1 Å². The van der Waals surface area contributed by atoms with Crippen LogP contribution in [-0.2, 0) is 10.9 Å². The molecule has 4 heterocycles. The number of rotatable bonds is 5. The first-order valence-electron chi connectivity index (χ1n) is 12.5. The van der Waals surface area contributed by atoms with Crippen LogP contribution in [0.2, 0.25) is 5.02 Å². The average Bonchev–Trinajstić information content (AvgIpc) is 2.87. The van der Waals surface area contributed by atoms with Crippen molar-refractivity contribution >= 4 is 23.3 Å². The number of hydrogen-bond donors (Lipinski definition) is 1. The smallest absolute Gasteiger partial charge is 0.372 e. The highest BCUT2D eigenvalue weighted by molar-refractivity contribution is 6.33. The Balaban J connectivity index is 1.68. The molecule has 1 N–H and O–H groups in total. The molecule has 0 spiro atoms. The molecule has 1 saturated heterocycles. The van der Waals surface area contributed by atoms with Crippen molar-refractivity contribution in [2.75, 3.05) is 18.4 Å². The molecule has 1 aliphatic heterocycles. The summed E-state index contributed by atoms with van der Waals surface area (Å²) in [5.74, 6) is -0.386. The van der Waals surface area contributed by atoms with Crippen molar-refractivity contribution < 1.29 is 26.8 Å². The monoisotopic (exact) mass is 523 g/mol. The minimum absolute atomic E-state index is 0.00351. The number of halogens is 4. The van der Waals surface area contributed by atoms with Gasteiger partial charge in [0.1, 0.15) is 11.5 Å². The van der Waals surface area contributed by atoms with E-state index in [-0.39, 0.29) is 52.8 Å². The predicted molar refractivity (Wildman–Crippen MR) is 128 cm³/mol. The first kappa shape index (κ1) is 21.9. The molecule has 190 valence electrons. The summed E-state index contributed by atoms with van der Waals surface area (Å²) in [5, 5.41) is 2.67. The van der Waals surface area contributed by atoms with Gasteiger partial charge in [-0.2, -0.15) is 13.2 Å². The summed E-state index contributed by atoms with van der Waals surface area (Å²) < 4.78 is 68.2. The highest BCUT2D eigenvalue weighted by Crippen LogP contribution is 2.33. The standard InChI is InChI=1S/C24H24ClF3N6O2/c1-13-5-6-17(21-29-7-4-8-30-21)20(33-13)23(35)34-12-14(2)36-15(3)19(34)11-32-22-18(25)9-16(10-31-22)24(26,27)28/h4-10,14-15,19H,11-12H2,1-3H3,(H,31,32)/t14-,15+,19-/m1/s1/i1D3. The molecule has 36 heavy (non-hydrogen) atoms. The van der Waals surface area contributed by atoms with E-state index in [0.717, 1.165) is 6.07 Å².